The first kappa shape index (κ1) is 11.6. The summed E-state index contributed by atoms with van der Waals surface area (Å²) in [6, 6.07) is 11.8. The highest BCUT2D eigenvalue weighted by atomic mass is 15.4. The average Bonchev–Trinajstić information content (AvgIpc) is 2.93. The minimum atomic E-state index is 0.499. The average molecular weight is 251 g/mol. The minimum absolute atomic E-state index is 0.499. The van der Waals surface area contributed by atoms with Gasteiger partial charge in [0.05, 0.1) is 5.69 Å². The van der Waals surface area contributed by atoms with Crippen molar-refractivity contribution in [1.82, 2.24) is 20.3 Å². The molecule has 0 amide bonds. The van der Waals surface area contributed by atoms with Crippen molar-refractivity contribution in [2.45, 2.75) is 6.42 Å². The van der Waals surface area contributed by atoms with Gasteiger partial charge in [-0.2, -0.15) is 5.26 Å². The molecule has 19 heavy (non-hydrogen) atoms. The van der Waals surface area contributed by atoms with E-state index in [1.165, 1.54) is 0 Å². The topological polar surface area (TPSA) is 66.5 Å². The molecular weight excluding hydrogens is 238 g/mol. The summed E-state index contributed by atoms with van der Waals surface area (Å²) in [6.07, 6.45) is 2.95. The lowest BCUT2D eigenvalue weighted by Gasteiger charge is -2.11. The standard InChI is InChI=1S/C14H13N5/c15-10-13-14(11-6-8-16-9-7-11)17-18-19(13)12-4-2-1-3-5-12/h1-6,16H,7-9H2. The largest absolute Gasteiger partial charge is 0.313 e. The van der Waals surface area contributed by atoms with Crippen LogP contribution in [-0.4, -0.2) is 28.1 Å². The number of aromatic nitrogens is 3. The van der Waals surface area contributed by atoms with E-state index in [9.17, 15) is 5.26 Å². The van der Waals surface area contributed by atoms with Crippen LogP contribution < -0.4 is 5.32 Å². The zero-order valence-electron chi connectivity index (χ0n) is 10.4. The monoisotopic (exact) mass is 251 g/mol. The zero-order valence-corrected chi connectivity index (χ0v) is 10.4. The lowest BCUT2D eigenvalue weighted by Crippen LogP contribution is -2.20. The number of nitrogens with zero attached hydrogens (tertiary/aromatic N) is 4. The van der Waals surface area contributed by atoms with Gasteiger partial charge in [0.25, 0.3) is 0 Å². The molecule has 0 radical (unpaired) electrons. The Morgan fingerprint density at radius 1 is 1.26 bits per heavy atom. The zero-order chi connectivity index (χ0) is 13.1. The molecule has 1 aromatic heterocycles. The first-order valence-electron chi connectivity index (χ1n) is 6.21. The number of benzene rings is 1. The van der Waals surface area contributed by atoms with Crippen molar-refractivity contribution in [3.05, 3.63) is 47.8 Å². The van der Waals surface area contributed by atoms with Gasteiger partial charge in [-0.15, -0.1) is 5.10 Å². The molecule has 0 saturated carbocycles. The molecule has 5 heteroatoms. The van der Waals surface area contributed by atoms with Crippen LogP contribution in [0.5, 0.6) is 0 Å². The summed E-state index contributed by atoms with van der Waals surface area (Å²) < 4.78 is 1.60. The fourth-order valence-electron chi connectivity index (χ4n) is 2.19. The maximum atomic E-state index is 9.39. The van der Waals surface area contributed by atoms with E-state index < -0.39 is 0 Å². The SMILES string of the molecule is N#Cc1c(C2=CCNCC2)nnn1-c1ccccc1. The van der Waals surface area contributed by atoms with E-state index in [4.69, 9.17) is 0 Å². The molecule has 0 unspecified atom stereocenters. The van der Waals surface area contributed by atoms with Crippen LogP contribution in [0.25, 0.3) is 11.3 Å². The minimum Gasteiger partial charge on any atom is -0.313 e. The molecule has 0 saturated heterocycles. The lowest BCUT2D eigenvalue weighted by atomic mass is 10.0. The van der Waals surface area contributed by atoms with Gasteiger partial charge in [-0.3, -0.25) is 0 Å². The van der Waals surface area contributed by atoms with Crippen molar-refractivity contribution in [3.63, 3.8) is 0 Å². The molecule has 0 atom stereocenters. The predicted octanol–water partition coefficient (Wildman–Crippen LogP) is 1.52. The second-order valence-electron chi connectivity index (χ2n) is 4.33. The molecule has 0 aliphatic carbocycles. The molecule has 2 aromatic rings. The van der Waals surface area contributed by atoms with Crippen molar-refractivity contribution in [1.29, 1.82) is 5.26 Å². The van der Waals surface area contributed by atoms with Crippen LogP contribution in [0.15, 0.2) is 36.4 Å². The van der Waals surface area contributed by atoms with Gasteiger partial charge in [0.2, 0.25) is 0 Å². The third-order valence-corrected chi connectivity index (χ3v) is 3.15. The molecule has 5 nitrogen and oxygen atoms in total. The van der Waals surface area contributed by atoms with Gasteiger partial charge >= 0.3 is 0 Å². The van der Waals surface area contributed by atoms with E-state index in [-0.39, 0.29) is 0 Å². The van der Waals surface area contributed by atoms with E-state index >= 15 is 0 Å². The summed E-state index contributed by atoms with van der Waals surface area (Å²) in [7, 11) is 0. The summed E-state index contributed by atoms with van der Waals surface area (Å²) in [5, 5.41) is 20.9. The predicted molar refractivity (Wildman–Crippen MR) is 71.5 cm³/mol. The molecule has 0 fully saturated rings. The maximum Gasteiger partial charge on any atom is 0.172 e. The Morgan fingerprint density at radius 2 is 2.11 bits per heavy atom. The van der Waals surface area contributed by atoms with E-state index in [0.717, 1.165) is 30.8 Å². The summed E-state index contributed by atoms with van der Waals surface area (Å²) in [5.41, 5.74) is 3.15. The van der Waals surface area contributed by atoms with Crippen LogP contribution in [0.3, 0.4) is 0 Å². The Balaban J connectivity index is 2.07. The van der Waals surface area contributed by atoms with Crippen LogP contribution in [-0.2, 0) is 0 Å². The second kappa shape index (κ2) is 5.04. The Hall–Kier alpha value is -2.45. The van der Waals surface area contributed by atoms with Crippen LogP contribution in [0.4, 0.5) is 0 Å². The fourth-order valence-corrected chi connectivity index (χ4v) is 2.19. The molecule has 0 spiro atoms. The van der Waals surface area contributed by atoms with E-state index in [1.807, 2.05) is 30.3 Å². The summed E-state index contributed by atoms with van der Waals surface area (Å²) in [5.74, 6) is 0. The van der Waals surface area contributed by atoms with Crippen molar-refractivity contribution >= 4 is 5.57 Å². The van der Waals surface area contributed by atoms with Gasteiger partial charge < -0.3 is 5.32 Å². The van der Waals surface area contributed by atoms with Crippen molar-refractivity contribution in [2.75, 3.05) is 13.1 Å². The van der Waals surface area contributed by atoms with Gasteiger partial charge in [-0.25, -0.2) is 4.68 Å². The van der Waals surface area contributed by atoms with Crippen molar-refractivity contribution in [3.8, 4) is 11.8 Å². The highest BCUT2D eigenvalue weighted by Gasteiger charge is 2.18. The normalized spacial score (nSPS) is 14.8. The molecule has 2 heterocycles. The highest BCUT2D eigenvalue weighted by molar-refractivity contribution is 5.67. The van der Waals surface area contributed by atoms with Crippen LogP contribution in [0, 0.1) is 11.3 Å². The van der Waals surface area contributed by atoms with Crippen molar-refractivity contribution < 1.29 is 0 Å². The number of hydrogen-bond acceptors (Lipinski definition) is 4. The van der Waals surface area contributed by atoms with E-state index in [0.29, 0.717) is 11.4 Å². The van der Waals surface area contributed by atoms with Gasteiger partial charge in [-0.1, -0.05) is 29.5 Å². The summed E-state index contributed by atoms with van der Waals surface area (Å²) in [6.45, 7) is 1.73. The van der Waals surface area contributed by atoms with E-state index in [2.05, 4.69) is 27.8 Å². The molecule has 94 valence electrons. The highest BCUT2D eigenvalue weighted by Crippen LogP contribution is 2.22. The quantitative estimate of drug-likeness (QED) is 0.878. The van der Waals surface area contributed by atoms with Gasteiger partial charge in [0.1, 0.15) is 11.8 Å². The Bertz CT molecular complexity index is 648. The third-order valence-electron chi connectivity index (χ3n) is 3.15. The van der Waals surface area contributed by atoms with Crippen molar-refractivity contribution in [2.24, 2.45) is 0 Å². The first-order chi connectivity index (χ1) is 9.40. The smallest absolute Gasteiger partial charge is 0.172 e. The Labute approximate surface area is 111 Å². The number of para-hydroxylation sites is 1. The molecule has 0 bridgehead atoms. The molecule has 1 aliphatic rings. The molecule has 1 N–H and O–H groups in total. The third kappa shape index (κ3) is 2.14. The summed E-state index contributed by atoms with van der Waals surface area (Å²) in [4.78, 5) is 0. The number of nitriles is 1. The fraction of sp³-hybridized carbons (Fsp3) is 0.214. The summed E-state index contributed by atoms with van der Waals surface area (Å²) >= 11 is 0. The second-order valence-corrected chi connectivity index (χ2v) is 4.33. The number of hydrogen-bond donors (Lipinski definition) is 1. The maximum absolute atomic E-state index is 9.39. The molecule has 1 aromatic carbocycles. The van der Waals surface area contributed by atoms with Gasteiger partial charge in [0, 0.05) is 6.54 Å². The Morgan fingerprint density at radius 3 is 2.79 bits per heavy atom. The first-order valence-corrected chi connectivity index (χ1v) is 6.21. The van der Waals surface area contributed by atoms with Gasteiger partial charge in [-0.05, 0) is 30.7 Å². The van der Waals surface area contributed by atoms with E-state index in [1.54, 1.807) is 4.68 Å². The van der Waals surface area contributed by atoms with Crippen LogP contribution in [0.1, 0.15) is 17.8 Å². The van der Waals surface area contributed by atoms with Crippen LogP contribution >= 0.6 is 0 Å². The lowest BCUT2D eigenvalue weighted by molar-refractivity contribution is 0.736. The number of nitrogens with one attached hydrogen (secondary N) is 1. The molecule has 1 aliphatic heterocycles. The molecule has 3 rings (SSSR count). The van der Waals surface area contributed by atoms with Crippen LogP contribution in [0.2, 0.25) is 0 Å². The Kier molecular flexibility index (Phi) is 3.09. The van der Waals surface area contributed by atoms with Gasteiger partial charge in [0.15, 0.2) is 5.69 Å². The number of rotatable bonds is 2. The molecular formula is C14H13N5.